The van der Waals surface area contributed by atoms with Crippen molar-refractivity contribution in [2.24, 2.45) is 11.7 Å². The molecular weight excluding hydrogens is 404 g/mol. The molecule has 8 N–H and O–H groups in total. The lowest BCUT2D eigenvalue weighted by molar-refractivity contribution is -0.147. The quantitative estimate of drug-likeness (QED) is 0.167. The lowest BCUT2D eigenvalue weighted by Gasteiger charge is -2.23. The fourth-order valence-electron chi connectivity index (χ4n) is 2.33. The highest BCUT2D eigenvalue weighted by Gasteiger charge is 2.30. The number of carboxylic acids is 3. The van der Waals surface area contributed by atoms with Crippen LogP contribution in [0, 0.1) is 5.92 Å². The number of carbonyl (C=O) groups excluding carboxylic acids is 3. The Labute approximate surface area is 172 Å². The molecule has 0 aromatic rings. The van der Waals surface area contributed by atoms with Gasteiger partial charge >= 0.3 is 17.9 Å². The summed E-state index contributed by atoms with van der Waals surface area (Å²) >= 11 is 0. The van der Waals surface area contributed by atoms with Gasteiger partial charge in [-0.2, -0.15) is 0 Å². The van der Waals surface area contributed by atoms with E-state index in [9.17, 15) is 28.8 Å². The molecule has 30 heavy (non-hydrogen) atoms. The van der Waals surface area contributed by atoms with Gasteiger partial charge in [0.05, 0.1) is 18.9 Å². The number of nitrogens with two attached hydrogens (primary N) is 1. The molecule has 0 spiro atoms. The lowest BCUT2D eigenvalue weighted by Crippen LogP contribution is -2.57. The Balaban J connectivity index is 5.10. The summed E-state index contributed by atoms with van der Waals surface area (Å²) in [5, 5.41) is 32.9. The first kappa shape index (κ1) is 26.8. The summed E-state index contributed by atoms with van der Waals surface area (Å²) in [6, 6.07) is -5.57. The van der Waals surface area contributed by atoms with Crippen LogP contribution < -0.4 is 21.7 Å². The molecule has 0 saturated heterocycles. The minimum absolute atomic E-state index is 0.0780. The van der Waals surface area contributed by atoms with E-state index in [0.717, 1.165) is 0 Å². The van der Waals surface area contributed by atoms with Gasteiger partial charge in [0.2, 0.25) is 17.7 Å². The van der Waals surface area contributed by atoms with E-state index >= 15 is 0 Å². The Bertz CT molecular complexity index is 680. The zero-order valence-electron chi connectivity index (χ0n) is 16.9. The number of hydrogen-bond acceptors (Lipinski definition) is 7. The lowest BCUT2D eigenvalue weighted by atomic mass is 10.0. The van der Waals surface area contributed by atoms with E-state index in [4.69, 9.17) is 21.1 Å². The van der Waals surface area contributed by atoms with Gasteiger partial charge in [0, 0.05) is 0 Å². The summed E-state index contributed by atoms with van der Waals surface area (Å²) in [7, 11) is 0. The smallest absolute Gasteiger partial charge is 0.326 e. The molecule has 0 rings (SSSR count). The normalized spacial score (nSPS) is 14.7. The topological polar surface area (TPSA) is 225 Å². The third kappa shape index (κ3) is 10.4. The molecule has 0 aliphatic rings. The predicted octanol–water partition coefficient (Wildman–Crippen LogP) is -2.13. The molecule has 0 radical (unpaired) electrons. The van der Waals surface area contributed by atoms with Crippen molar-refractivity contribution in [1.29, 1.82) is 0 Å². The summed E-state index contributed by atoms with van der Waals surface area (Å²) in [6.45, 7) is 4.82. The Hall–Kier alpha value is -3.22. The maximum absolute atomic E-state index is 12.4. The van der Waals surface area contributed by atoms with Gasteiger partial charge in [-0.25, -0.2) is 4.79 Å². The second-order valence-electron chi connectivity index (χ2n) is 7.12. The molecule has 3 amide bonds. The molecule has 13 heteroatoms. The number of hydrogen-bond donors (Lipinski definition) is 7. The van der Waals surface area contributed by atoms with Crippen LogP contribution in [-0.4, -0.2) is 75.1 Å². The third-order valence-electron chi connectivity index (χ3n) is 3.82. The number of rotatable bonds is 13. The van der Waals surface area contributed by atoms with Gasteiger partial charge in [0.1, 0.15) is 18.1 Å². The molecule has 4 unspecified atom stereocenters. The van der Waals surface area contributed by atoms with Crippen molar-refractivity contribution in [1.82, 2.24) is 16.0 Å². The van der Waals surface area contributed by atoms with Crippen LogP contribution in [0.15, 0.2) is 0 Å². The van der Waals surface area contributed by atoms with Crippen molar-refractivity contribution in [3.63, 3.8) is 0 Å². The Morgan fingerprint density at radius 3 is 1.63 bits per heavy atom. The average molecular weight is 432 g/mol. The third-order valence-corrected chi connectivity index (χ3v) is 3.82. The van der Waals surface area contributed by atoms with E-state index in [0.29, 0.717) is 6.42 Å². The van der Waals surface area contributed by atoms with Crippen LogP contribution in [-0.2, 0) is 28.8 Å². The van der Waals surface area contributed by atoms with Crippen LogP contribution in [0.2, 0.25) is 0 Å². The summed E-state index contributed by atoms with van der Waals surface area (Å²) in [6.07, 6.45) is -1.36. The maximum atomic E-state index is 12.4. The van der Waals surface area contributed by atoms with Gasteiger partial charge in [0.25, 0.3) is 0 Å². The van der Waals surface area contributed by atoms with Crippen molar-refractivity contribution in [2.45, 2.75) is 64.2 Å². The minimum Gasteiger partial charge on any atom is -0.481 e. The molecule has 0 bridgehead atoms. The van der Waals surface area contributed by atoms with E-state index in [1.54, 1.807) is 0 Å². The van der Waals surface area contributed by atoms with Crippen molar-refractivity contribution in [3.05, 3.63) is 0 Å². The molecule has 0 aliphatic carbocycles. The Kier molecular flexibility index (Phi) is 11.0. The van der Waals surface area contributed by atoms with Gasteiger partial charge in [-0.1, -0.05) is 13.8 Å². The van der Waals surface area contributed by atoms with Crippen molar-refractivity contribution < 1.29 is 44.1 Å². The molecule has 0 aliphatic heterocycles. The van der Waals surface area contributed by atoms with E-state index in [1.807, 2.05) is 19.2 Å². The molecule has 170 valence electrons. The van der Waals surface area contributed by atoms with Crippen LogP contribution in [0.4, 0.5) is 0 Å². The summed E-state index contributed by atoms with van der Waals surface area (Å²) < 4.78 is 0. The SMILES string of the molecule is CC(C)CC(N)C(=O)NC(CC(=O)O)C(=O)NC(C)C(=O)NC(CC(=O)O)C(=O)O. The zero-order valence-corrected chi connectivity index (χ0v) is 16.9. The molecule has 4 atom stereocenters. The first-order chi connectivity index (χ1) is 13.7. The molecule has 0 fully saturated rings. The highest BCUT2D eigenvalue weighted by atomic mass is 16.4. The summed E-state index contributed by atoms with van der Waals surface area (Å²) in [4.78, 5) is 69.2. The standard InChI is InChI=1S/C17H28N4O9/c1-7(2)4-9(18)15(27)20-10(5-12(22)23)16(28)19-8(3)14(26)21-11(17(29)30)6-13(24)25/h7-11H,4-6,18H2,1-3H3,(H,19,28)(H,20,27)(H,21,26)(H,22,23)(H,24,25)(H,29,30). The second kappa shape index (κ2) is 12.4. The Morgan fingerprint density at radius 1 is 0.733 bits per heavy atom. The molecular formula is C17H28N4O9. The van der Waals surface area contributed by atoms with E-state index in [-0.39, 0.29) is 5.92 Å². The highest BCUT2D eigenvalue weighted by Crippen LogP contribution is 2.04. The minimum atomic E-state index is -1.72. The van der Waals surface area contributed by atoms with E-state index in [1.165, 1.54) is 6.92 Å². The summed E-state index contributed by atoms with van der Waals surface area (Å²) in [5.74, 6) is -7.11. The summed E-state index contributed by atoms with van der Waals surface area (Å²) in [5.41, 5.74) is 5.71. The molecule has 0 aromatic heterocycles. The van der Waals surface area contributed by atoms with E-state index < -0.39 is 72.6 Å². The number of carbonyl (C=O) groups is 6. The van der Waals surface area contributed by atoms with Crippen molar-refractivity contribution >= 4 is 35.6 Å². The molecule has 0 heterocycles. The number of aliphatic carboxylic acids is 3. The largest absolute Gasteiger partial charge is 0.481 e. The maximum Gasteiger partial charge on any atom is 0.326 e. The van der Waals surface area contributed by atoms with Crippen LogP contribution in [0.5, 0.6) is 0 Å². The fourth-order valence-corrected chi connectivity index (χ4v) is 2.33. The van der Waals surface area contributed by atoms with Crippen LogP contribution in [0.1, 0.15) is 40.0 Å². The first-order valence-electron chi connectivity index (χ1n) is 9.07. The number of amides is 3. The Morgan fingerprint density at radius 2 is 1.20 bits per heavy atom. The zero-order chi connectivity index (χ0) is 23.6. The van der Waals surface area contributed by atoms with Gasteiger partial charge in [-0.3, -0.25) is 24.0 Å². The average Bonchev–Trinajstić information content (AvgIpc) is 2.58. The molecule has 0 saturated carbocycles. The highest BCUT2D eigenvalue weighted by molar-refractivity contribution is 5.95. The van der Waals surface area contributed by atoms with Crippen LogP contribution in [0.3, 0.4) is 0 Å². The van der Waals surface area contributed by atoms with E-state index in [2.05, 4.69) is 10.6 Å². The number of carboxylic acid groups (broad SMARTS) is 3. The van der Waals surface area contributed by atoms with Crippen LogP contribution in [0.25, 0.3) is 0 Å². The van der Waals surface area contributed by atoms with Gasteiger partial charge in [-0.15, -0.1) is 0 Å². The van der Waals surface area contributed by atoms with Crippen molar-refractivity contribution in [3.8, 4) is 0 Å². The fraction of sp³-hybridized carbons (Fsp3) is 0.647. The van der Waals surface area contributed by atoms with Gasteiger partial charge < -0.3 is 37.0 Å². The molecule has 13 nitrogen and oxygen atoms in total. The molecule has 0 aromatic carbocycles. The number of nitrogens with one attached hydrogen (secondary N) is 3. The predicted molar refractivity (Wildman–Crippen MR) is 101 cm³/mol. The van der Waals surface area contributed by atoms with Gasteiger partial charge in [-0.05, 0) is 19.3 Å². The monoisotopic (exact) mass is 432 g/mol. The first-order valence-corrected chi connectivity index (χ1v) is 9.07. The van der Waals surface area contributed by atoms with Crippen molar-refractivity contribution in [2.75, 3.05) is 0 Å². The second-order valence-corrected chi connectivity index (χ2v) is 7.12. The van der Waals surface area contributed by atoms with Crippen LogP contribution >= 0.6 is 0 Å². The van der Waals surface area contributed by atoms with Gasteiger partial charge in [0.15, 0.2) is 0 Å².